The number of nitrogens with zero attached hydrogens (tertiary/aromatic N) is 2. The zero-order valence-electron chi connectivity index (χ0n) is 14.3. The van der Waals surface area contributed by atoms with E-state index in [-0.39, 0.29) is 5.91 Å². The summed E-state index contributed by atoms with van der Waals surface area (Å²) in [5, 5.41) is 11.1. The van der Waals surface area contributed by atoms with Crippen LogP contribution < -0.4 is 10.2 Å². The molecule has 0 fully saturated rings. The van der Waals surface area contributed by atoms with Crippen LogP contribution in [0.25, 0.3) is 11.3 Å². The lowest BCUT2D eigenvalue weighted by Crippen LogP contribution is -2.19. The van der Waals surface area contributed by atoms with Crippen molar-refractivity contribution in [2.24, 2.45) is 5.10 Å². The van der Waals surface area contributed by atoms with E-state index in [1.807, 2.05) is 55.5 Å². The summed E-state index contributed by atoms with van der Waals surface area (Å²) < 4.78 is 6.31. The van der Waals surface area contributed by atoms with Gasteiger partial charge in [-0.15, -0.1) is 0 Å². The molecule has 2 aromatic carbocycles. The van der Waals surface area contributed by atoms with Gasteiger partial charge in [-0.3, -0.25) is 9.89 Å². The number of nitrogens with one attached hydrogen (secondary N) is 2. The molecule has 0 saturated heterocycles. The standard InChI is InChI=1S/C19H17BrN4O2/c1-12(13-7-9-14(20)10-8-13)21-24-19(25)17-11-16(22-23-17)15-5-3-4-6-18(15)26-2/h3-11H,1-2H3,(H,22,23)(H,24,25)/b21-12-. The Morgan fingerprint density at radius 1 is 1.19 bits per heavy atom. The highest BCUT2D eigenvalue weighted by Gasteiger charge is 2.13. The first-order valence-corrected chi connectivity index (χ1v) is 8.67. The number of para-hydroxylation sites is 1. The topological polar surface area (TPSA) is 79.4 Å². The van der Waals surface area contributed by atoms with E-state index >= 15 is 0 Å². The highest BCUT2D eigenvalue weighted by Crippen LogP contribution is 2.28. The molecule has 7 heteroatoms. The average Bonchev–Trinajstić information content (AvgIpc) is 3.16. The Hall–Kier alpha value is -2.93. The molecule has 1 aromatic heterocycles. The van der Waals surface area contributed by atoms with Crippen molar-refractivity contribution in [2.75, 3.05) is 7.11 Å². The zero-order valence-corrected chi connectivity index (χ0v) is 15.9. The largest absolute Gasteiger partial charge is 0.496 e. The Labute approximate surface area is 159 Å². The number of hydrogen-bond donors (Lipinski definition) is 2. The Morgan fingerprint density at radius 3 is 2.65 bits per heavy atom. The lowest BCUT2D eigenvalue weighted by atomic mass is 10.1. The van der Waals surface area contributed by atoms with Gasteiger partial charge in [0.2, 0.25) is 0 Å². The molecule has 0 aliphatic heterocycles. The van der Waals surface area contributed by atoms with E-state index in [0.717, 1.165) is 15.6 Å². The molecular weight excluding hydrogens is 396 g/mol. The average molecular weight is 413 g/mol. The van der Waals surface area contributed by atoms with Crippen molar-refractivity contribution in [3.05, 3.63) is 70.3 Å². The summed E-state index contributed by atoms with van der Waals surface area (Å²) in [5.41, 5.74) is 5.92. The third kappa shape index (κ3) is 4.00. The second-order valence-electron chi connectivity index (χ2n) is 5.51. The summed E-state index contributed by atoms with van der Waals surface area (Å²) in [6.07, 6.45) is 0. The van der Waals surface area contributed by atoms with Gasteiger partial charge >= 0.3 is 0 Å². The lowest BCUT2D eigenvalue weighted by molar-refractivity contribution is 0.0950. The third-order valence-corrected chi connectivity index (χ3v) is 4.32. The first kappa shape index (κ1) is 17.9. The van der Waals surface area contributed by atoms with E-state index in [9.17, 15) is 4.79 Å². The number of rotatable bonds is 5. The van der Waals surface area contributed by atoms with Gasteiger partial charge in [-0.25, -0.2) is 5.43 Å². The Kier molecular flexibility index (Phi) is 5.48. The summed E-state index contributed by atoms with van der Waals surface area (Å²) in [4.78, 5) is 12.3. The normalized spacial score (nSPS) is 11.3. The molecule has 1 heterocycles. The maximum absolute atomic E-state index is 12.3. The molecule has 3 aromatic rings. The van der Waals surface area contributed by atoms with E-state index in [0.29, 0.717) is 22.8 Å². The molecule has 132 valence electrons. The number of aromatic nitrogens is 2. The molecule has 0 bridgehead atoms. The van der Waals surface area contributed by atoms with Crippen molar-refractivity contribution < 1.29 is 9.53 Å². The van der Waals surface area contributed by atoms with Crippen molar-refractivity contribution in [3.8, 4) is 17.0 Å². The van der Waals surface area contributed by atoms with Gasteiger partial charge in [0.15, 0.2) is 0 Å². The van der Waals surface area contributed by atoms with Crippen LogP contribution in [0, 0.1) is 0 Å². The van der Waals surface area contributed by atoms with E-state index in [2.05, 4.69) is 36.7 Å². The van der Waals surface area contributed by atoms with Gasteiger partial charge in [0.05, 0.1) is 18.5 Å². The number of methoxy groups -OCH3 is 1. The highest BCUT2D eigenvalue weighted by atomic mass is 79.9. The second kappa shape index (κ2) is 7.97. The number of H-pyrrole nitrogens is 1. The molecule has 0 saturated carbocycles. The monoisotopic (exact) mass is 412 g/mol. The summed E-state index contributed by atoms with van der Waals surface area (Å²) in [5.74, 6) is 0.324. The van der Waals surface area contributed by atoms with Gasteiger partial charge in [-0.1, -0.05) is 40.2 Å². The number of benzene rings is 2. The van der Waals surface area contributed by atoms with Crippen LogP contribution in [0.15, 0.2) is 64.2 Å². The van der Waals surface area contributed by atoms with Crippen molar-refractivity contribution in [1.29, 1.82) is 0 Å². The molecule has 2 N–H and O–H groups in total. The third-order valence-electron chi connectivity index (χ3n) is 3.79. The highest BCUT2D eigenvalue weighted by molar-refractivity contribution is 9.10. The molecule has 26 heavy (non-hydrogen) atoms. The number of carbonyl (C=O) groups is 1. The molecule has 1 amide bonds. The number of hydrogen-bond acceptors (Lipinski definition) is 4. The molecule has 0 spiro atoms. The van der Waals surface area contributed by atoms with Crippen molar-refractivity contribution in [2.45, 2.75) is 6.92 Å². The molecule has 6 nitrogen and oxygen atoms in total. The minimum atomic E-state index is -0.366. The number of ether oxygens (including phenoxy) is 1. The van der Waals surface area contributed by atoms with E-state index in [1.54, 1.807) is 13.2 Å². The predicted molar refractivity (Wildman–Crippen MR) is 104 cm³/mol. The van der Waals surface area contributed by atoms with Crippen LogP contribution in [0.2, 0.25) is 0 Å². The molecular formula is C19H17BrN4O2. The van der Waals surface area contributed by atoms with Crippen LogP contribution in [-0.2, 0) is 0 Å². The second-order valence-corrected chi connectivity index (χ2v) is 6.43. The SMILES string of the molecule is COc1ccccc1-c1cc(C(=O)N/N=C(/C)c2ccc(Br)cc2)[nH]n1. The summed E-state index contributed by atoms with van der Waals surface area (Å²) in [6, 6.07) is 16.8. The number of halogens is 1. The Bertz CT molecular complexity index is 948. The summed E-state index contributed by atoms with van der Waals surface area (Å²) in [7, 11) is 1.60. The fraction of sp³-hybridized carbons (Fsp3) is 0.105. The maximum atomic E-state index is 12.3. The Morgan fingerprint density at radius 2 is 1.92 bits per heavy atom. The number of aromatic amines is 1. The number of carbonyl (C=O) groups excluding carboxylic acids is 1. The number of amides is 1. The molecule has 0 atom stereocenters. The van der Waals surface area contributed by atoms with E-state index in [1.165, 1.54) is 0 Å². The van der Waals surface area contributed by atoms with Gasteiger partial charge in [-0.05, 0) is 42.8 Å². The minimum absolute atomic E-state index is 0.318. The van der Waals surface area contributed by atoms with Gasteiger partial charge < -0.3 is 4.74 Å². The molecule has 0 unspecified atom stereocenters. The fourth-order valence-electron chi connectivity index (χ4n) is 2.38. The van der Waals surface area contributed by atoms with Crippen LogP contribution in [-0.4, -0.2) is 28.9 Å². The quantitative estimate of drug-likeness (QED) is 0.490. The predicted octanol–water partition coefficient (Wildman–Crippen LogP) is 4.00. The fourth-order valence-corrected chi connectivity index (χ4v) is 2.65. The number of hydrazone groups is 1. The smallest absolute Gasteiger partial charge is 0.289 e. The molecule has 0 aliphatic carbocycles. The lowest BCUT2D eigenvalue weighted by Gasteiger charge is -2.04. The molecule has 0 radical (unpaired) electrons. The zero-order chi connectivity index (χ0) is 18.5. The molecule has 3 rings (SSSR count). The van der Waals surface area contributed by atoms with Crippen molar-refractivity contribution in [3.63, 3.8) is 0 Å². The van der Waals surface area contributed by atoms with Crippen LogP contribution >= 0.6 is 15.9 Å². The van der Waals surface area contributed by atoms with Crippen LogP contribution in [0.4, 0.5) is 0 Å². The van der Waals surface area contributed by atoms with Gasteiger partial charge in [0, 0.05) is 10.0 Å². The summed E-state index contributed by atoms with van der Waals surface area (Å²) in [6.45, 7) is 1.83. The van der Waals surface area contributed by atoms with Crippen LogP contribution in [0.3, 0.4) is 0 Å². The van der Waals surface area contributed by atoms with E-state index in [4.69, 9.17) is 4.74 Å². The first-order valence-electron chi connectivity index (χ1n) is 7.88. The Balaban J connectivity index is 1.74. The molecule has 0 aliphatic rings. The van der Waals surface area contributed by atoms with Crippen LogP contribution in [0.5, 0.6) is 5.75 Å². The van der Waals surface area contributed by atoms with Crippen molar-refractivity contribution in [1.82, 2.24) is 15.6 Å². The van der Waals surface area contributed by atoms with Gasteiger partial charge in [-0.2, -0.15) is 10.2 Å². The van der Waals surface area contributed by atoms with Gasteiger partial charge in [0.1, 0.15) is 11.4 Å². The maximum Gasteiger partial charge on any atom is 0.289 e. The van der Waals surface area contributed by atoms with Crippen molar-refractivity contribution >= 4 is 27.5 Å². The minimum Gasteiger partial charge on any atom is -0.496 e. The van der Waals surface area contributed by atoms with Crippen LogP contribution in [0.1, 0.15) is 23.0 Å². The van der Waals surface area contributed by atoms with E-state index < -0.39 is 0 Å². The van der Waals surface area contributed by atoms with Gasteiger partial charge in [0.25, 0.3) is 5.91 Å². The first-order chi connectivity index (χ1) is 12.6. The summed E-state index contributed by atoms with van der Waals surface area (Å²) >= 11 is 3.39.